The molecule has 0 saturated carbocycles. The Kier molecular flexibility index (Phi) is 5.09. The van der Waals surface area contributed by atoms with Gasteiger partial charge in [0.05, 0.1) is 5.92 Å². The fourth-order valence-electron chi connectivity index (χ4n) is 2.00. The molecule has 1 heterocycles. The molecule has 19 heavy (non-hydrogen) atoms. The van der Waals surface area contributed by atoms with Gasteiger partial charge >= 0.3 is 0 Å². The van der Waals surface area contributed by atoms with Gasteiger partial charge in [-0.15, -0.1) is 0 Å². The first kappa shape index (κ1) is 16.1. The molecule has 0 aliphatic rings. The lowest BCUT2D eigenvalue weighted by molar-refractivity contribution is 0.284. The fourth-order valence-corrected chi connectivity index (χ4v) is 2.47. The van der Waals surface area contributed by atoms with E-state index >= 15 is 0 Å². The highest BCUT2D eigenvalue weighted by molar-refractivity contribution is 7.90. The Morgan fingerprint density at radius 3 is 2.21 bits per heavy atom. The van der Waals surface area contributed by atoms with Crippen LogP contribution in [0.1, 0.15) is 50.6 Å². The van der Waals surface area contributed by atoms with E-state index in [1.807, 2.05) is 14.0 Å². The molecule has 0 saturated heterocycles. The third-order valence-electron chi connectivity index (χ3n) is 3.46. The van der Waals surface area contributed by atoms with Crippen LogP contribution in [0.4, 0.5) is 0 Å². The number of hydrogen-bond donors (Lipinski definition) is 1. The van der Waals surface area contributed by atoms with Crippen LogP contribution in [-0.4, -0.2) is 37.9 Å². The molecule has 0 radical (unpaired) electrons. The summed E-state index contributed by atoms with van der Waals surface area (Å²) in [5.74, 6) is 1.08. The van der Waals surface area contributed by atoms with Crippen LogP contribution in [0.25, 0.3) is 0 Å². The number of nitrogens with one attached hydrogen (secondary N) is 1. The lowest BCUT2D eigenvalue weighted by atomic mass is 9.89. The summed E-state index contributed by atoms with van der Waals surface area (Å²) in [5.41, 5.74) is 0. The lowest BCUT2D eigenvalue weighted by Gasteiger charge is -2.23. The minimum atomic E-state index is -3.21. The molecule has 0 aromatic carbocycles. The van der Waals surface area contributed by atoms with Crippen molar-refractivity contribution >= 4 is 9.84 Å². The van der Waals surface area contributed by atoms with Crippen molar-refractivity contribution in [2.24, 2.45) is 5.92 Å². The van der Waals surface area contributed by atoms with Crippen LogP contribution in [0.15, 0.2) is 4.52 Å². The molecule has 1 N–H and O–H groups in total. The Bertz CT molecular complexity index is 510. The summed E-state index contributed by atoms with van der Waals surface area (Å²) in [7, 11) is -1.34. The van der Waals surface area contributed by atoms with Crippen molar-refractivity contribution in [1.82, 2.24) is 15.5 Å². The maximum Gasteiger partial charge on any atom is 0.231 e. The second-order valence-electron chi connectivity index (χ2n) is 5.31. The van der Waals surface area contributed by atoms with Crippen LogP contribution in [0.5, 0.6) is 0 Å². The number of sulfone groups is 1. The standard InChI is InChI=1S/C12H23N3O3S/c1-7(2)10(8(3)13-5)12-14-11(15-18-12)9(4)19(6,16)17/h7-10,13H,1-6H3. The van der Waals surface area contributed by atoms with E-state index in [-0.39, 0.29) is 17.8 Å². The number of aromatic nitrogens is 2. The molecule has 110 valence electrons. The molecule has 0 aliphatic heterocycles. The third-order valence-corrected chi connectivity index (χ3v) is 4.96. The highest BCUT2D eigenvalue weighted by atomic mass is 32.2. The van der Waals surface area contributed by atoms with Crippen LogP contribution in [0, 0.1) is 5.92 Å². The second-order valence-corrected chi connectivity index (χ2v) is 7.68. The predicted molar refractivity (Wildman–Crippen MR) is 73.7 cm³/mol. The van der Waals surface area contributed by atoms with Gasteiger partial charge in [-0.2, -0.15) is 4.98 Å². The Morgan fingerprint density at radius 1 is 1.21 bits per heavy atom. The molecule has 1 aromatic rings. The Balaban J connectivity index is 3.07. The molecule has 0 bridgehead atoms. The summed E-state index contributed by atoms with van der Waals surface area (Å²) >= 11 is 0. The average molecular weight is 289 g/mol. The van der Waals surface area contributed by atoms with Gasteiger partial charge in [-0.05, 0) is 26.8 Å². The van der Waals surface area contributed by atoms with Crippen LogP contribution >= 0.6 is 0 Å². The highest BCUT2D eigenvalue weighted by Crippen LogP contribution is 2.28. The summed E-state index contributed by atoms with van der Waals surface area (Å²) < 4.78 is 28.3. The summed E-state index contributed by atoms with van der Waals surface area (Å²) in [6, 6.07) is 0.168. The topological polar surface area (TPSA) is 85.1 Å². The molecule has 1 aromatic heterocycles. The van der Waals surface area contributed by atoms with E-state index in [9.17, 15) is 8.42 Å². The molecular weight excluding hydrogens is 266 g/mol. The summed E-state index contributed by atoms with van der Waals surface area (Å²) in [4.78, 5) is 4.27. The van der Waals surface area contributed by atoms with E-state index in [4.69, 9.17) is 4.52 Å². The van der Waals surface area contributed by atoms with Crippen molar-refractivity contribution in [1.29, 1.82) is 0 Å². The van der Waals surface area contributed by atoms with Crippen molar-refractivity contribution in [3.8, 4) is 0 Å². The molecule has 0 amide bonds. The zero-order valence-corrected chi connectivity index (χ0v) is 13.2. The van der Waals surface area contributed by atoms with Crippen molar-refractivity contribution in [2.45, 2.75) is 44.9 Å². The normalized spacial score (nSPS) is 17.4. The Hall–Kier alpha value is -0.950. The first-order valence-corrected chi connectivity index (χ1v) is 8.33. The molecule has 3 unspecified atom stereocenters. The predicted octanol–water partition coefficient (Wildman–Crippen LogP) is 1.52. The summed E-state index contributed by atoms with van der Waals surface area (Å²) in [6.45, 7) is 7.75. The van der Waals surface area contributed by atoms with E-state index in [2.05, 4.69) is 29.3 Å². The second kappa shape index (κ2) is 6.00. The van der Waals surface area contributed by atoms with Crippen LogP contribution in [0.2, 0.25) is 0 Å². The van der Waals surface area contributed by atoms with Gasteiger partial charge in [0, 0.05) is 12.3 Å². The van der Waals surface area contributed by atoms with Crippen molar-refractivity contribution < 1.29 is 12.9 Å². The lowest BCUT2D eigenvalue weighted by Crippen LogP contribution is -2.32. The Labute approximate surface area is 114 Å². The van der Waals surface area contributed by atoms with E-state index < -0.39 is 15.1 Å². The Morgan fingerprint density at radius 2 is 1.79 bits per heavy atom. The molecule has 0 spiro atoms. The van der Waals surface area contributed by atoms with Gasteiger partial charge in [0.2, 0.25) is 5.89 Å². The van der Waals surface area contributed by atoms with Gasteiger partial charge in [0.15, 0.2) is 15.7 Å². The zero-order valence-electron chi connectivity index (χ0n) is 12.3. The van der Waals surface area contributed by atoms with Gasteiger partial charge in [-0.3, -0.25) is 0 Å². The van der Waals surface area contributed by atoms with Crippen LogP contribution in [0.3, 0.4) is 0 Å². The van der Waals surface area contributed by atoms with Crippen LogP contribution < -0.4 is 5.32 Å². The van der Waals surface area contributed by atoms with Gasteiger partial charge in [0.1, 0.15) is 5.25 Å². The monoisotopic (exact) mass is 289 g/mol. The maximum atomic E-state index is 11.5. The smallest absolute Gasteiger partial charge is 0.231 e. The number of rotatable bonds is 6. The first-order valence-electron chi connectivity index (χ1n) is 6.38. The molecule has 1 rings (SSSR count). The molecule has 7 heteroatoms. The molecule has 6 nitrogen and oxygen atoms in total. The number of hydrogen-bond acceptors (Lipinski definition) is 6. The van der Waals surface area contributed by atoms with E-state index in [1.165, 1.54) is 6.26 Å². The van der Waals surface area contributed by atoms with Crippen LogP contribution in [-0.2, 0) is 9.84 Å². The van der Waals surface area contributed by atoms with E-state index in [1.54, 1.807) is 6.92 Å². The summed E-state index contributed by atoms with van der Waals surface area (Å²) in [5, 5.41) is 6.23. The van der Waals surface area contributed by atoms with Crippen molar-refractivity contribution in [3.63, 3.8) is 0 Å². The number of nitrogens with zero attached hydrogens (tertiary/aromatic N) is 2. The summed E-state index contributed by atoms with van der Waals surface area (Å²) in [6.07, 6.45) is 1.17. The minimum Gasteiger partial charge on any atom is -0.339 e. The minimum absolute atomic E-state index is 0.0537. The zero-order chi connectivity index (χ0) is 14.8. The van der Waals surface area contributed by atoms with Gasteiger partial charge in [0.25, 0.3) is 0 Å². The molecule has 0 aliphatic carbocycles. The average Bonchev–Trinajstić information content (AvgIpc) is 2.75. The SMILES string of the molecule is CNC(C)C(c1nc(C(C)S(C)(=O)=O)no1)C(C)C. The largest absolute Gasteiger partial charge is 0.339 e. The van der Waals surface area contributed by atoms with E-state index in [0.717, 1.165) is 0 Å². The van der Waals surface area contributed by atoms with Crippen molar-refractivity contribution in [2.75, 3.05) is 13.3 Å². The van der Waals surface area contributed by atoms with Crippen molar-refractivity contribution in [3.05, 3.63) is 11.7 Å². The molecular formula is C12H23N3O3S. The quantitative estimate of drug-likeness (QED) is 0.854. The van der Waals surface area contributed by atoms with E-state index in [0.29, 0.717) is 11.8 Å². The van der Waals surface area contributed by atoms with Gasteiger partial charge < -0.3 is 9.84 Å². The fraction of sp³-hybridized carbons (Fsp3) is 0.833. The van der Waals surface area contributed by atoms with Gasteiger partial charge in [-0.1, -0.05) is 19.0 Å². The molecule has 3 atom stereocenters. The number of likely N-dealkylation sites (N-methyl/N-ethyl adjacent to an activating group) is 1. The highest BCUT2D eigenvalue weighted by Gasteiger charge is 2.30. The van der Waals surface area contributed by atoms with Gasteiger partial charge in [-0.25, -0.2) is 8.42 Å². The first-order chi connectivity index (χ1) is 8.68. The maximum absolute atomic E-state index is 11.5. The molecule has 0 fully saturated rings. The third kappa shape index (κ3) is 3.76.